The van der Waals surface area contributed by atoms with Crippen LogP contribution in [0.2, 0.25) is 5.02 Å². The van der Waals surface area contributed by atoms with Gasteiger partial charge < -0.3 is 5.11 Å². The molecule has 1 aromatic rings. The molecule has 1 atom stereocenters. The van der Waals surface area contributed by atoms with Crippen molar-refractivity contribution in [2.45, 2.75) is 25.4 Å². The Bertz CT molecular complexity index is 298. The molecule has 0 aliphatic heterocycles. The lowest BCUT2D eigenvalue weighted by Crippen LogP contribution is -2.23. The molecule has 70 valence electrons. The van der Waals surface area contributed by atoms with E-state index in [1.807, 2.05) is 31.2 Å². The Labute approximate surface area is 83.3 Å². The molecule has 0 unspecified atom stereocenters. The second kappa shape index (κ2) is 3.00. The molecule has 1 aromatic carbocycles. The Morgan fingerprint density at radius 2 is 1.85 bits per heavy atom. The van der Waals surface area contributed by atoms with Crippen molar-refractivity contribution < 1.29 is 5.11 Å². The quantitative estimate of drug-likeness (QED) is 0.771. The van der Waals surface area contributed by atoms with Crippen molar-refractivity contribution in [2.75, 3.05) is 0 Å². The van der Waals surface area contributed by atoms with Crippen LogP contribution in [-0.2, 0) is 5.60 Å². The van der Waals surface area contributed by atoms with E-state index >= 15 is 0 Å². The Balaban J connectivity index is 2.28. The summed E-state index contributed by atoms with van der Waals surface area (Å²) < 4.78 is 0. The summed E-state index contributed by atoms with van der Waals surface area (Å²) in [4.78, 5) is 0. The molecule has 0 heterocycles. The molecule has 1 N–H and O–H groups in total. The molecule has 0 bridgehead atoms. The fraction of sp³-hybridized carbons (Fsp3) is 0.455. The lowest BCUT2D eigenvalue weighted by atomic mass is 9.91. The van der Waals surface area contributed by atoms with Crippen LogP contribution in [0.15, 0.2) is 24.3 Å². The second-order valence-electron chi connectivity index (χ2n) is 3.93. The molecule has 1 aliphatic carbocycles. The van der Waals surface area contributed by atoms with Gasteiger partial charge in [0.1, 0.15) is 0 Å². The Morgan fingerprint density at radius 3 is 2.31 bits per heavy atom. The van der Waals surface area contributed by atoms with E-state index in [4.69, 9.17) is 11.6 Å². The third-order valence-electron chi connectivity index (χ3n) is 2.80. The summed E-state index contributed by atoms with van der Waals surface area (Å²) in [6.07, 6.45) is 2.27. The van der Waals surface area contributed by atoms with E-state index in [9.17, 15) is 5.11 Å². The standard InChI is InChI=1S/C11H13ClO/c1-11(13,8-2-3-8)9-4-6-10(12)7-5-9/h4-8,13H,2-3H2,1H3/t11-/m0/s1. The smallest absolute Gasteiger partial charge is 0.0896 e. The zero-order chi connectivity index (χ0) is 9.47. The third kappa shape index (κ3) is 1.72. The molecule has 13 heavy (non-hydrogen) atoms. The average Bonchev–Trinajstić information content (AvgIpc) is 2.87. The fourth-order valence-electron chi connectivity index (χ4n) is 1.67. The van der Waals surface area contributed by atoms with Gasteiger partial charge in [-0.25, -0.2) is 0 Å². The van der Waals surface area contributed by atoms with E-state index in [1.165, 1.54) is 0 Å². The van der Waals surface area contributed by atoms with Gasteiger partial charge in [-0.3, -0.25) is 0 Å². The van der Waals surface area contributed by atoms with Crippen LogP contribution in [0, 0.1) is 5.92 Å². The number of hydrogen-bond acceptors (Lipinski definition) is 1. The van der Waals surface area contributed by atoms with Crippen LogP contribution in [0.5, 0.6) is 0 Å². The molecule has 0 aromatic heterocycles. The van der Waals surface area contributed by atoms with Gasteiger partial charge in [0.2, 0.25) is 0 Å². The highest BCUT2D eigenvalue weighted by molar-refractivity contribution is 6.30. The molecule has 0 saturated heterocycles. The maximum atomic E-state index is 10.2. The first kappa shape index (κ1) is 9.04. The summed E-state index contributed by atoms with van der Waals surface area (Å²) >= 11 is 5.78. The zero-order valence-corrected chi connectivity index (χ0v) is 8.38. The molecule has 2 heteroatoms. The van der Waals surface area contributed by atoms with Crippen LogP contribution in [0.3, 0.4) is 0 Å². The minimum Gasteiger partial charge on any atom is -0.385 e. The largest absolute Gasteiger partial charge is 0.385 e. The fourth-order valence-corrected chi connectivity index (χ4v) is 1.79. The van der Waals surface area contributed by atoms with Gasteiger partial charge in [-0.1, -0.05) is 23.7 Å². The highest BCUT2D eigenvalue weighted by Gasteiger charge is 2.40. The van der Waals surface area contributed by atoms with Gasteiger partial charge in [0.15, 0.2) is 0 Å². The van der Waals surface area contributed by atoms with Crippen molar-refractivity contribution in [3.63, 3.8) is 0 Å². The summed E-state index contributed by atoms with van der Waals surface area (Å²) in [5, 5.41) is 10.9. The van der Waals surface area contributed by atoms with E-state index in [-0.39, 0.29) is 0 Å². The number of halogens is 1. The first-order valence-electron chi connectivity index (χ1n) is 4.59. The predicted octanol–water partition coefficient (Wildman–Crippen LogP) is 2.96. The van der Waals surface area contributed by atoms with Crippen molar-refractivity contribution in [1.82, 2.24) is 0 Å². The van der Waals surface area contributed by atoms with Crippen molar-refractivity contribution in [3.05, 3.63) is 34.9 Å². The molecule has 0 spiro atoms. The van der Waals surface area contributed by atoms with E-state index < -0.39 is 5.60 Å². The molecule has 1 saturated carbocycles. The normalized spacial score (nSPS) is 21.2. The molecule has 1 fully saturated rings. The number of aliphatic hydroxyl groups is 1. The van der Waals surface area contributed by atoms with Crippen molar-refractivity contribution in [3.8, 4) is 0 Å². The van der Waals surface area contributed by atoms with E-state index in [2.05, 4.69) is 0 Å². The van der Waals surface area contributed by atoms with Crippen molar-refractivity contribution in [2.24, 2.45) is 5.92 Å². The molecule has 1 nitrogen and oxygen atoms in total. The van der Waals surface area contributed by atoms with Crippen molar-refractivity contribution in [1.29, 1.82) is 0 Å². The maximum Gasteiger partial charge on any atom is 0.0896 e. The van der Waals surface area contributed by atoms with Crippen LogP contribution in [0.4, 0.5) is 0 Å². The zero-order valence-electron chi connectivity index (χ0n) is 7.63. The number of benzene rings is 1. The van der Waals surface area contributed by atoms with Gasteiger partial charge in [0.05, 0.1) is 5.60 Å². The Hall–Kier alpha value is -0.530. The Morgan fingerprint density at radius 1 is 1.31 bits per heavy atom. The average molecular weight is 197 g/mol. The number of hydrogen-bond donors (Lipinski definition) is 1. The minimum absolute atomic E-state index is 0.439. The highest BCUT2D eigenvalue weighted by atomic mass is 35.5. The van der Waals surface area contributed by atoms with Gasteiger partial charge in [-0.2, -0.15) is 0 Å². The van der Waals surface area contributed by atoms with E-state index in [0.29, 0.717) is 5.92 Å². The van der Waals surface area contributed by atoms with Crippen LogP contribution >= 0.6 is 11.6 Å². The van der Waals surface area contributed by atoms with Gasteiger partial charge >= 0.3 is 0 Å². The first-order valence-corrected chi connectivity index (χ1v) is 4.97. The van der Waals surface area contributed by atoms with Crippen LogP contribution < -0.4 is 0 Å². The summed E-state index contributed by atoms with van der Waals surface area (Å²) in [6, 6.07) is 7.46. The topological polar surface area (TPSA) is 20.2 Å². The van der Waals surface area contributed by atoms with Crippen LogP contribution in [0.1, 0.15) is 25.3 Å². The van der Waals surface area contributed by atoms with Crippen molar-refractivity contribution >= 4 is 11.6 Å². The summed E-state index contributed by atoms with van der Waals surface area (Å²) in [5.74, 6) is 0.439. The lowest BCUT2D eigenvalue weighted by Gasteiger charge is -2.23. The second-order valence-corrected chi connectivity index (χ2v) is 4.37. The van der Waals surface area contributed by atoms with Gasteiger partial charge in [-0.15, -0.1) is 0 Å². The van der Waals surface area contributed by atoms with Gasteiger partial charge in [0, 0.05) is 5.02 Å². The Kier molecular flexibility index (Phi) is 2.09. The lowest BCUT2D eigenvalue weighted by molar-refractivity contribution is 0.0331. The van der Waals surface area contributed by atoms with Gasteiger partial charge in [0.25, 0.3) is 0 Å². The molecular weight excluding hydrogens is 184 g/mol. The monoisotopic (exact) mass is 196 g/mol. The number of rotatable bonds is 2. The maximum absolute atomic E-state index is 10.2. The SMILES string of the molecule is C[C@@](O)(c1ccc(Cl)cc1)C1CC1. The molecule has 1 aliphatic rings. The minimum atomic E-state index is -0.662. The van der Waals surface area contributed by atoms with Crippen LogP contribution in [-0.4, -0.2) is 5.11 Å². The highest BCUT2D eigenvalue weighted by Crippen LogP contribution is 2.45. The summed E-state index contributed by atoms with van der Waals surface area (Å²) in [6.45, 7) is 1.88. The first-order chi connectivity index (χ1) is 6.10. The summed E-state index contributed by atoms with van der Waals surface area (Å²) in [5.41, 5.74) is 0.310. The third-order valence-corrected chi connectivity index (χ3v) is 3.05. The molecule has 0 amide bonds. The van der Waals surface area contributed by atoms with Gasteiger partial charge in [-0.05, 0) is 43.4 Å². The molecular formula is C11H13ClO. The van der Waals surface area contributed by atoms with E-state index in [1.54, 1.807) is 0 Å². The van der Waals surface area contributed by atoms with Crippen LogP contribution in [0.25, 0.3) is 0 Å². The molecule has 2 rings (SSSR count). The molecule has 0 radical (unpaired) electrons. The van der Waals surface area contributed by atoms with E-state index in [0.717, 1.165) is 23.4 Å². The summed E-state index contributed by atoms with van der Waals surface area (Å²) in [7, 11) is 0. The predicted molar refractivity (Wildman–Crippen MR) is 53.7 cm³/mol.